The zero-order chi connectivity index (χ0) is 18.5. The van der Waals surface area contributed by atoms with E-state index in [1.165, 1.54) is 6.07 Å². The van der Waals surface area contributed by atoms with Crippen LogP contribution in [0.5, 0.6) is 0 Å². The van der Waals surface area contributed by atoms with Crippen molar-refractivity contribution in [1.82, 2.24) is 0 Å². The Morgan fingerprint density at radius 3 is 1.85 bits per heavy atom. The van der Waals surface area contributed by atoms with Crippen LogP contribution in [0.3, 0.4) is 0 Å². The Hall–Kier alpha value is -3.40. The molecule has 0 aliphatic carbocycles. The minimum atomic E-state index is -1.26. The molecule has 0 fully saturated rings. The first-order chi connectivity index (χ1) is 12.6. The SMILES string of the molecule is Cc1c(NC(=O)C(c2ccccc2)c2ccccc2)cccc1C(=O)[O-]. The number of carbonyl (C=O) groups is 2. The summed E-state index contributed by atoms with van der Waals surface area (Å²) in [6, 6.07) is 23.7. The molecule has 0 aliphatic rings. The molecule has 0 heterocycles. The van der Waals surface area contributed by atoms with Gasteiger partial charge in [0.25, 0.3) is 0 Å². The van der Waals surface area contributed by atoms with E-state index in [2.05, 4.69) is 5.32 Å². The molecule has 0 unspecified atom stereocenters. The normalized spacial score (nSPS) is 10.5. The number of carbonyl (C=O) groups excluding carboxylic acids is 2. The minimum Gasteiger partial charge on any atom is -0.545 e. The third-order valence-electron chi connectivity index (χ3n) is 4.34. The molecule has 0 radical (unpaired) electrons. The lowest BCUT2D eigenvalue weighted by molar-refractivity contribution is -0.255. The van der Waals surface area contributed by atoms with E-state index in [1.54, 1.807) is 19.1 Å². The van der Waals surface area contributed by atoms with Crippen LogP contribution in [0.4, 0.5) is 5.69 Å². The van der Waals surface area contributed by atoms with E-state index in [9.17, 15) is 14.7 Å². The number of rotatable bonds is 5. The standard InChI is InChI=1S/C22H19NO3/c1-15-18(22(25)26)13-8-14-19(15)23-21(24)20(16-9-4-2-5-10-16)17-11-6-3-7-12-17/h2-14,20H,1H3,(H,23,24)(H,25,26)/p-1. The first-order valence-electron chi connectivity index (χ1n) is 8.29. The van der Waals surface area contributed by atoms with Crippen molar-refractivity contribution in [2.24, 2.45) is 0 Å². The van der Waals surface area contributed by atoms with Gasteiger partial charge in [-0.25, -0.2) is 0 Å². The van der Waals surface area contributed by atoms with Crippen molar-refractivity contribution in [3.8, 4) is 0 Å². The van der Waals surface area contributed by atoms with E-state index < -0.39 is 11.9 Å². The number of carboxylic acid groups (broad SMARTS) is 1. The molecular weight excluding hydrogens is 326 g/mol. The highest BCUT2D eigenvalue weighted by Gasteiger charge is 2.23. The van der Waals surface area contributed by atoms with Gasteiger partial charge in [0.05, 0.1) is 11.9 Å². The van der Waals surface area contributed by atoms with Crippen LogP contribution in [-0.2, 0) is 4.79 Å². The van der Waals surface area contributed by atoms with Gasteiger partial charge < -0.3 is 15.2 Å². The quantitative estimate of drug-likeness (QED) is 0.773. The lowest BCUT2D eigenvalue weighted by Crippen LogP contribution is -2.25. The zero-order valence-electron chi connectivity index (χ0n) is 14.3. The maximum atomic E-state index is 13.1. The lowest BCUT2D eigenvalue weighted by atomic mass is 9.90. The molecule has 0 atom stereocenters. The van der Waals surface area contributed by atoms with Gasteiger partial charge >= 0.3 is 0 Å². The Morgan fingerprint density at radius 1 is 0.808 bits per heavy atom. The summed E-state index contributed by atoms with van der Waals surface area (Å²) in [6.45, 7) is 1.65. The Morgan fingerprint density at radius 2 is 1.35 bits per heavy atom. The number of aromatic carboxylic acids is 1. The van der Waals surface area contributed by atoms with E-state index in [4.69, 9.17) is 0 Å². The zero-order valence-corrected chi connectivity index (χ0v) is 14.3. The van der Waals surface area contributed by atoms with Gasteiger partial charge in [0.1, 0.15) is 0 Å². The Bertz CT molecular complexity index is 881. The lowest BCUT2D eigenvalue weighted by Gasteiger charge is -2.19. The molecular formula is C22H18NO3-. The molecule has 0 saturated heterocycles. The van der Waals surface area contributed by atoms with Crippen LogP contribution < -0.4 is 10.4 Å². The molecule has 0 bridgehead atoms. The molecule has 3 aromatic rings. The maximum Gasteiger partial charge on any atom is 0.236 e. The van der Waals surface area contributed by atoms with Crippen LogP contribution in [0.25, 0.3) is 0 Å². The molecule has 26 heavy (non-hydrogen) atoms. The summed E-state index contributed by atoms with van der Waals surface area (Å²) < 4.78 is 0. The fourth-order valence-electron chi connectivity index (χ4n) is 2.98. The summed E-state index contributed by atoms with van der Waals surface area (Å²) in [7, 11) is 0. The topological polar surface area (TPSA) is 69.2 Å². The highest BCUT2D eigenvalue weighted by atomic mass is 16.4. The molecule has 3 rings (SSSR count). The Labute approximate surface area is 152 Å². The van der Waals surface area contributed by atoms with Crippen LogP contribution in [-0.4, -0.2) is 11.9 Å². The first kappa shape index (κ1) is 17.4. The molecule has 130 valence electrons. The smallest absolute Gasteiger partial charge is 0.236 e. The summed E-state index contributed by atoms with van der Waals surface area (Å²) in [5.41, 5.74) is 2.74. The van der Waals surface area contributed by atoms with E-state index in [0.29, 0.717) is 11.3 Å². The predicted molar refractivity (Wildman–Crippen MR) is 98.9 cm³/mol. The second-order valence-electron chi connectivity index (χ2n) is 6.01. The summed E-state index contributed by atoms with van der Waals surface area (Å²) in [5, 5.41) is 14.1. The van der Waals surface area contributed by atoms with E-state index in [-0.39, 0.29) is 11.5 Å². The Balaban J connectivity index is 1.97. The van der Waals surface area contributed by atoms with E-state index in [1.807, 2.05) is 60.7 Å². The van der Waals surface area contributed by atoms with E-state index in [0.717, 1.165) is 11.1 Å². The van der Waals surface area contributed by atoms with Crippen LogP contribution >= 0.6 is 0 Å². The van der Waals surface area contributed by atoms with Crippen molar-refractivity contribution < 1.29 is 14.7 Å². The maximum absolute atomic E-state index is 13.1. The average molecular weight is 344 g/mol. The summed E-state index contributed by atoms with van der Waals surface area (Å²) in [6.07, 6.45) is 0. The molecule has 0 saturated carbocycles. The van der Waals surface area contributed by atoms with Crippen molar-refractivity contribution in [1.29, 1.82) is 0 Å². The third kappa shape index (κ3) is 3.64. The van der Waals surface area contributed by atoms with Crippen LogP contribution in [0, 0.1) is 6.92 Å². The van der Waals surface area contributed by atoms with Gasteiger partial charge in [-0.3, -0.25) is 4.79 Å². The number of benzene rings is 3. The minimum absolute atomic E-state index is 0.0683. The Kier molecular flexibility index (Phi) is 5.13. The third-order valence-corrected chi connectivity index (χ3v) is 4.34. The van der Waals surface area contributed by atoms with Crippen molar-refractivity contribution in [3.63, 3.8) is 0 Å². The van der Waals surface area contributed by atoms with Gasteiger partial charge in [0.2, 0.25) is 5.91 Å². The predicted octanol–water partition coefficient (Wildman–Crippen LogP) is 3.13. The van der Waals surface area contributed by atoms with Gasteiger partial charge in [-0.2, -0.15) is 0 Å². The summed E-state index contributed by atoms with van der Waals surface area (Å²) in [5.74, 6) is -1.98. The van der Waals surface area contributed by atoms with Gasteiger partial charge in [-0.05, 0) is 29.7 Å². The van der Waals surface area contributed by atoms with Crippen LogP contribution in [0.1, 0.15) is 33.0 Å². The van der Waals surface area contributed by atoms with E-state index >= 15 is 0 Å². The first-order valence-corrected chi connectivity index (χ1v) is 8.29. The average Bonchev–Trinajstić information content (AvgIpc) is 2.65. The second-order valence-corrected chi connectivity index (χ2v) is 6.01. The largest absolute Gasteiger partial charge is 0.545 e. The van der Waals surface area contributed by atoms with Crippen molar-refractivity contribution >= 4 is 17.6 Å². The highest BCUT2D eigenvalue weighted by Crippen LogP contribution is 2.27. The van der Waals surface area contributed by atoms with Crippen molar-refractivity contribution in [3.05, 3.63) is 101 Å². The molecule has 0 spiro atoms. The number of hydrogen-bond acceptors (Lipinski definition) is 3. The van der Waals surface area contributed by atoms with Gasteiger partial charge in [-0.15, -0.1) is 0 Å². The summed E-state index contributed by atoms with van der Waals surface area (Å²) >= 11 is 0. The number of amides is 1. The molecule has 3 aromatic carbocycles. The highest BCUT2D eigenvalue weighted by molar-refractivity contribution is 6.00. The van der Waals surface area contributed by atoms with Crippen molar-refractivity contribution in [2.45, 2.75) is 12.8 Å². The van der Waals surface area contributed by atoms with Crippen LogP contribution in [0.2, 0.25) is 0 Å². The van der Waals surface area contributed by atoms with Gasteiger partial charge in [0, 0.05) is 11.3 Å². The number of hydrogen-bond donors (Lipinski definition) is 1. The molecule has 1 amide bonds. The molecule has 0 aliphatic heterocycles. The number of nitrogens with one attached hydrogen (secondary N) is 1. The molecule has 1 N–H and O–H groups in total. The fraction of sp³-hybridized carbons (Fsp3) is 0.0909. The fourth-order valence-corrected chi connectivity index (χ4v) is 2.98. The number of anilines is 1. The van der Waals surface area contributed by atoms with Crippen LogP contribution in [0.15, 0.2) is 78.9 Å². The van der Waals surface area contributed by atoms with Gasteiger partial charge in [0.15, 0.2) is 0 Å². The molecule has 4 nitrogen and oxygen atoms in total. The number of carboxylic acids is 1. The molecule has 4 heteroatoms. The second kappa shape index (κ2) is 7.66. The van der Waals surface area contributed by atoms with Gasteiger partial charge in [-0.1, -0.05) is 72.8 Å². The monoisotopic (exact) mass is 344 g/mol. The van der Waals surface area contributed by atoms with Crippen molar-refractivity contribution in [2.75, 3.05) is 5.32 Å². The molecule has 0 aromatic heterocycles. The summed E-state index contributed by atoms with van der Waals surface area (Å²) in [4.78, 5) is 24.3.